The third kappa shape index (κ3) is 4.89. The fourth-order valence-electron chi connectivity index (χ4n) is 0.727. The smallest absolute Gasteiger partial charge is 0.217 e. The molecule has 2 N–H and O–H groups in total. The van der Waals surface area contributed by atoms with Crippen LogP contribution in [0.1, 0.15) is 25.6 Å². The van der Waals surface area contributed by atoms with Gasteiger partial charge in [-0.2, -0.15) is 5.21 Å². The molecule has 2 rings (SSSR count). The van der Waals surface area contributed by atoms with Crippen molar-refractivity contribution in [3.05, 3.63) is 5.82 Å². The number of tetrazole rings is 1. The molecule has 0 aliphatic heterocycles. The molecule has 1 aromatic heterocycles. The molecule has 0 saturated heterocycles. The Morgan fingerprint density at radius 3 is 2.46 bits per heavy atom. The second kappa shape index (κ2) is 4.54. The lowest BCUT2D eigenvalue weighted by Gasteiger charge is -1.91. The van der Waals surface area contributed by atoms with Gasteiger partial charge in [-0.05, 0) is 19.8 Å². The first-order valence-corrected chi connectivity index (χ1v) is 4.15. The number of carbonyl (C=O) groups excluding carboxylic acids is 1. The van der Waals surface area contributed by atoms with E-state index in [4.69, 9.17) is 0 Å². The average molecular weight is 183 g/mol. The monoisotopic (exact) mass is 183 g/mol. The number of nitrogens with zero attached hydrogens (tertiary/aromatic N) is 3. The topological polar surface area (TPSA) is 83.6 Å². The lowest BCUT2D eigenvalue weighted by molar-refractivity contribution is -0.119. The van der Waals surface area contributed by atoms with E-state index in [9.17, 15) is 4.79 Å². The number of amides is 1. The molecule has 1 aliphatic carbocycles. The summed E-state index contributed by atoms with van der Waals surface area (Å²) in [6.45, 7) is 3.32. The van der Waals surface area contributed by atoms with Gasteiger partial charge in [0.15, 0.2) is 5.82 Å². The van der Waals surface area contributed by atoms with E-state index in [1.165, 1.54) is 12.8 Å². The molecule has 0 spiro atoms. The quantitative estimate of drug-likeness (QED) is 0.631. The summed E-state index contributed by atoms with van der Waals surface area (Å²) >= 11 is 0. The number of rotatable bonds is 1. The Kier molecular flexibility index (Phi) is 3.36. The van der Waals surface area contributed by atoms with Crippen LogP contribution in [0, 0.1) is 6.92 Å². The first-order valence-electron chi connectivity index (χ1n) is 4.15. The van der Waals surface area contributed by atoms with Crippen molar-refractivity contribution in [2.24, 2.45) is 0 Å². The van der Waals surface area contributed by atoms with Crippen LogP contribution in [0.4, 0.5) is 0 Å². The van der Waals surface area contributed by atoms with E-state index in [0.29, 0.717) is 11.9 Å². The Bertz CT molecular complexity index is 254. The molecule has 13 heavy (non-hydrogen) atoms. The number of aryl methyl sites for hydroxylation is 1. The van der Waals surface area contributed by atoms with Crippen molar-refractivity contribution in [3.63, 3.8) is 0 Å². The molecule has 0 atom stereocenters. The average Bonchev–Trinajstić information content (AvgIpc) is 2.71. The summed E-state index contributed by atoms with van der Waals surface area (Å²) < 4.78 is 0. The van der Waals surface area contributed by atoms with Gasteiger partial charge in [0.25, 0.3) is 0 Å². The Balaban J connectivity index is 0.000000132. The summed E-state index contributed by atoms with van der Waals surface area (Å²) in [6, 6.07) is 0.525. The molecule has 0 bridgehead atoms. The normalized spacial score (nSPS) is 14.3. The molecule has 72 valence electrons. The number of aromatic amines is 1. The number of hydrogen-bond acceptors (Lipinski definition) is 4. The van der Waals surface area contributed by atoms with E-state index in [-0.39, 0.29) is 5.91 Å². The summed E-state index contributed by atoms with van der Waals surface area (Å²) in [4.78, 5) is 10.2. The van der Waals surface area contributed by atoms with Crippen LogP contribution in [0.15, 0.2) is 0 Å². The van der Waals surface area contributed by atoms with Crippen molar-refractivity contribution in [3.8, 4) is 0 Å². The molecule has 0 unspecified atom stereocenters. The van der Waals surface area contributed by atoms with Crippen LogP contribution in [-0.2, 0) is 4.79 Å². The van der Waals surface area contributed by atoms with Crippen LogP contribution in [0.25, 0.3) is 0 Å². The van der Waals surface area contributed by atoms with Gasteiger partial charge >= 0.3 is 0 Å². The molecular formula is C7H13N5O. The second-order valence-corrected chi connectivity index (χ2v) is 2.93. The van der Waals surface area contributed by atoms with Crippen molar-refractivity contribution in [1.82, 2.24) is 25.9 Å². The lowest BCUT2D eigenvalue weighted by atomic mass is 10.6. The van der Waals surface area contributed by atoms with Crippen molar-refractivity contribution in [2.45, 2.75) is 32.7 Å². The standard InChI is InChI=1S/C5H9NO.C2H4N4/c1-4(7)6-5-2-3-5;1-2-3-5-6-4-2/h5H,2-3H2,1H3,(H,6,7);1H3,(H,3,4,5,6). The van der Waals surface area contributed by atoms with Gasteiger partial charge in [0.2, 0.25) is 5.91 Å². The first kappa shape index (κ1) is 9.63. The minimum Gasteiger partial charge on any atom is -0.354 e. The number of hydrogen-bond donors (Lipinski definition) is 2. The maximum absolute atomic E-state index is 10.2. The maximum Gasteiger partial charge on any atom is 0.217 e. The highest BCUT2D eigenvalue weighted by Crippen LogP contribution is 2.17. The molecule has 1 saturated carbocycles. The van der Waals surface area contributed by atoms with Gasteiger partial charge in [-0.1, -0.05) is 5.21 Å². The van der Waals surface area contributed by atoms with Crippen LogP contribution in [0.3, 0.4) is 0 Å². The van der Waals surface area contributed by atoms with Gasteiger partial charge in [0, 0.05) is 13.0 Å². The molecule has 0 radical (unpaired) electrons. The summed E-state index contributed by atoms with van der Waals surface area (Å²) in [5.41, 5.74) is 0. The van der Waals surface area contributed by atoms with Gasteiger partial charge in [-0.25, -0.2) is 0 Å². The van der Waals surface area contributed by atoms with Crippen molar-refractivity contribution in [1.29, 1.82) is 0 Å². The van der Waals surface area contributed by atoms with E-state index in [2.05, 4.69) is 25.9 Å². The van der Waals surface area contributed by atoms with Crippen LogP contribution in [-0.4, -0.2) is 32.6 Å². The zero-order chi connectivity index (χ0) is 9.68. The zero-order valence-electron chi connectivity index (χ0n) is 7.74. The van der Waals surface area contributed by atoms with E-state index in [0.717, 1.165) is 0 Å². The molecule has 0 aromatic carbocycles. The lowest BCUT2D eigenvalue weighted by Crippen LogP contribution is -2.21. The number of carbonyl (C=O) groups is 1. The summed E-state index contributed by atoms with van der Waals surface area (Å²) in [5, 5.41) is 15.5. The molecule has 1 amide bonds. The van der Waals surface area contributed by atoms with Gasteiger partial charge < -0.3 is 5.32 Å². The van der Waals surface area contributed by atoms with Gasteiger partial charge in [0.1, 0.15) is 0 Å². The SMILES string of the molecule is CC(=O)NC1CC1.Cc1nn[nH]n1. The maximum atomic E-state index is 10.2. The molecule has 6 nitrogen and oxygen atoms in total. The summed E-state index contributed by atoms with van der Waals surface area (Å²) in [7, 11) is 0. The van der Waals surface area contributed by atoms with Gasteiger partial charge in [-0.3, -0.25) is 4.79 Å². The number of aromatic nitrogens is 4. The third-order valence-corrected chi connectivity index (χ3v) is 1.44. The van der Waals surface area contributed by atoms with Crippen molar-refractivity contribution >= 4 is 5.91 Å². The fourth-order valence-corrected chi connectivity index (χ4v) is 0.727. The largest absolute Gasteiger partial charge is 0.354 e. The Morgan fingerprint density at radius 1 is 1.62 bits per heavy atom. The van der Waals surface area contributed by atoms with Crippen LogP contribution in [0.5, 0.6) is 0 Å². The van der Waals surface area contributed by atoms with Crippen LogP contribution < -0.4 is 5.32 Å². The highest BCUT2D eigenvalue weighted by molar-refractivity contribution is 5.73. The van der Waals surface area contributed by atoms with Gasteiger partial charge in [-0.15, -0.1) is 10.2 Å². The van der Waals surface area contributed by atoms with E-state index in [1.54, 1.807) is 13.8 Å². The Labute approximate surface area is 76.1 Å². The minimum absolute atomic E-state index is 0.0995. The van der Waals surface area contributed by atoms with Crippen molar-refractivity contribution in [2.75, 3.05) is 0 Å². The summed E-state index contributed by atoms with van der Waals surface area (Å²) in [6.07, 6.45) is 2.36. The third-order valence-electron chi connectivity index (χ3n) is 1.44. The van der Waals surface area contributed by atoms with E-state index < -0.39 is 0 Å². The summed E-state index contributed by atoms with van der Waals surface area (Å²) in [5.74, 6) is 0.775. The Morgan fingerprint density at radius 2 is 2.31 bits per heavy atom. The highest BCUT2D eigenvalue weighted by atomic mass is 16.1. The van der Waals surface area contributed by atoms with E-state index >= 15 is 0 Å². The highest BCUT2D eigenvalue weighted by Gasteiger charge is 2.21. The molecule has 1 aliphatic rings. The van der Waals surface area contributed by atoms with Gasteiger partial charge in [0.05, 0.1) is 0 Å². The number of nitrogens with one attached hydrogen (secondary N) is 2. The molecule has 1 aromatic rings. The first-order chi connectivity index (χ1) is 6.18. The second-order valence-electron chi connectivity index (χ2n) is 2.93. The Hall–Kier alpha value is -1.46. The minimum atomic E-state index is 0.0995. The molecule has 1 fully saturated rings. The van der Waals surface area contributed by atoms with Crippen LogP contribution >= 0.6 is 0 Å². The zero-order valence-corrected chi connectivity index (χ0v) is 7.74. The molecular weight excluding hydrogens is 170 g/mol. The molecule has 1 heterocycles. The molecule has 6 heteroatoms. The predicted molar refractivity (Wildman–Crippen MR) is 45.8 cm³/mol. The van der Waals surface area contributed by atoms with E-state index in [1.807, 2.05) is 0 Å². The van der Waals surface area contributed by atoms with Crippen molar-refractivity contribution < 1.29 is 4.79 Å². The fraction of sp³-hybridized carbons (Fsp3) is 0.714. The number of H-pyrrole nitrogens is 1. The van der Waals surface area contributed by atoms with Crippen LogP contribution in [0.2, 0.25) is 0 Å². The predicted octanol–water partition coefficient (Wildman–Crippen LogP) is -0.207.